The number of benzene rings is 2. The van der Waals surface area contributed by atoms with Crippen molar-refractivity contribution in [3.8, 4) is 11.9 Å². The van der Waals surface area contributed by atoms with Gasteiger partial charge < -0.3 is 19.7 Å². The van der Waals surface area contributed by atoms with Crippen molar-refractivity contribution in [2.45, 2.75) is 13.0 Å². The van der Waals surface area contributed by atoms with E-state index in [-0.39, 0.29) is 11.8 Å². The van der Waals surface area contributed by atoms with Crippen molar-refractivity contribution in [2.24, 2.45) is 0 Å². The zero-order valence-electron chi connectivity index (χ0n) is 20.2. The van der Waals surface area contributed by atoms with Gasteiger partial charge >= 0.3 is 12.0 Å². The molecule has 188 valence electrons. The van der Waals surface area contributed by atoms with Crippen LogP contribution in [0.1, 0.15) is 26.5 Å². The van der Waals surface area contributed by atoms with Crippen LogP contribution in [0.3, 0.4) is 0 Å². The standard InChI is InChI=1S/C26H24N6O4S/c1-35-22-14-21(29-25(30-22)36-2)32-13-12-19-20(15-32)37-26(28-19)31-24(34)27-18-11-7-6-10-17(18)23(33)16-8-4-3-5-9-16/h3-11,14H,12-13,15H2,1-2H3,(H2,27,28,31,34). The molecule has 0 bridgehead atoms. The van der Waals surface area contributed by atoms with Crippen molar-refractivity contribution >= 4 is 39.8 Å². The van der Waals surface area contributed by atoms with Crippen molar-refractivity contribution in [3.05, 3.63) is 82.4 Å². The van der Waals surface area contributed by atoms with E-state index in [2.05, 4.69) is 30.5 Å². The van der Waals surface area contributed by atoms with Crippen molar-refractivity contribution in [2.75, 3.05) is 36.3 Å². The summed E-state index contributed by atoms with van der Waals surface area (Å²) in [7, 11) is 3.05. The van der Waals surface area contributed by atoms with Crippen LogP contribution in [-0.2, 0) is 13.0 Å². The summed E-state index contributed by atoms with van der Waals surface area (Å²) in [4.78, 5) is 42.1. The maximum Gasteiger partial charge on any atom is 0.325 e. The number of hydrogen-bond acceptors (Lipinski definition) is 9. The van der Waals surface area contributed by atoms with Gasteiger partial charge in [0.2, 0.25) is 5.88 Å². The first kappa shape index (κ1) is 24.2. The van der Waals surface area contributed by atoms with Gasteiger partial charge in [-0.3, -0.25) is 10.1 Å². The molecule has 1 aliphatic rings. The number of amides is 2. The van der Waals surface area contributed by atoms with Crippen molar-refractivity contribution in [1.82, 2.24) is 15.0 Å². The third-order valence-electron chi connectivity index (χ3n) is 5.79. The smallest absolute Gasteiger partial charge is 0.325 e. The van der Waals surface area contributed by atoms with Gasteiger partial charge in [0.05, 0.1) is 32.1 Å². The first-order valence-electron chi connectivity index (χ1n) is 11.5. The zero-order chi connectivity index (χ0) is 25.8. The molecule has 0 spiro atoms. The molecule has 1 aliphatic heterocycles. The fourth-order valence-electron chi connectivity index (χ4n) is 3.98. The van der Waals surface area contributed by atoms with Gasteiger partial charge in [0.25, 0.3) is 0 Å². The van der Waals surface area contributed by atoms with E-state index in [9.17, 15) is 9.59 Å². The van der Waals surface area contributed by atoms with Crippen molar-refractivity contribution < 1.29 is 19.1 Å². The Hall–Kier alpha value is -4.51. The molecule has 2 amide bonds. The van der Waals surface area contributed by atoms with Crippen LogP contribution in [0, 0.1) is 0 Å². The van der Waals surface area contributed by atoms with Crippen LogP contribution < -0.4 is 25.0 Å². The number of ketones is 1. The second-order valence-corrected chi connectivity index (χ2v) is 9.22. The maximum atomic E-state index is 13.0. The summed E-state index contributed by atoms with van der Waals surface area (Å²) in [5.41, 5.74) is 2.32. The lowest BCUT2D eigenvalue weighted by atomic mass is 10.0. The highest BCUT2D eigenvalue weighted by Crippen LogP contribution is 2.32. The first-order chi connectivity index (χ1) is 18.0. The highest BCUT2D eigenvalue weighted by molar-refractivity contribution is 7.15. The predicted octanol–water partition coefficient (Wildman–Crippen LogP) is 4.39. The largest absolute Gasteiger partial charge is 0.481 e. The summed E-state index contributed by atoms with van der Waals surface area (Å²) in [5.74, 6) is 0.941. The molecule has 4 aromatic rings. The Morgan fingerprint density at radius 1 is 0.946 bits per heavy atom. The highest BCUT2D eigenvalue weighted by Gasteiger charge is 2.24. The number of fused-ring (bicyclic) bond motifs is 1. The van der Waals surface area contributed by atoms with Gasteiger partial charge in [-0.05, 0) is 12.1 Å². The number of rotatable bonds is 7. The third kappa shape index (κ3) is 5.36. The van der Waals surface area contributed by atoms with Gasteiger partial charge in [0.1, 0.15) is 5.82 Å². The van der Waals surface area contributed by atoms with E-state index >= 15 is 0 Å². The Morgan fingerprint density at radius 3 is 2.51 bits per heavy atom. The lowest BCUT2D eigenvalue weighted by Gasteiger charge is -2.27. The molecule has 11 heteroatoms. The molecule has 0 unspecified atom stereocenters. The number of methoxy groups -OCH3 is 2. The Balaban J connectivity index is 1.28. The molecule has 5 rings (SSSR count). The molecule has 0 atom stereocenters. The summed E-state index contributed by atoms with van der Waals surface area (Å²) in [6, 6.07) is 17.4. The van der Waals surface area contributed by atoms with Crippen LogP contribution in [0.5, 0.6) is 11.9 Å². The van der Waals surface area contributed by atoms with Gasteiger partial charge in [0, 0.05) is 35.0 Å². The number of anilines is 3. The summed E-state index contributed by atoms with van der Waals surface area (Å²) in [6.07, 6.45) is 0.693. The van der Waals surface area contributed by atoms with E-state index in [1.807, 2.05) is 6.07 Å². The SMILES string of the molecule is COc1cc(N2CCc3nc(NC(=O)Nc4ccccc4C(=O)c4ccccc4)sc3C2)nc(OC)n1. The fraction of sp³-hybridized carbons (Fsp3) is 0.192. The monoisotopic (exact) mass is 516 g/mol. The topological polar surface area (TPSA) is 119 Å². The average Bonchev–Trinajstić information content (AvgIpc) is 3.34. The van der Waals surface area contributed by atoms with Gasteiger partial charge in [-0.1, -0.05) is 53.8 Å². The van der Waals surface area contributed by atoms with E-state index in [0.717, 1.165) is 10.6 Å². The van der Waals surface area contributed by atoms with Gasteiger partial charge in [-0.2, -0.15) is 9.97 Å². The Morgan fingerprint density at radius 2 is 1.73 bits per heavy atom. The molecule has 0 saturated heterocycles. The Bertz CT molecular complexity index is 1420. The average molecular weight is 517 g/mol. The van der Waals surface area contributed by atoms with Gasteiger partial charge in [0.15, 0.2) is 10.9 Å². The molecular formula is C26H24N6O4S. The van der Waals surface area contributed by atoms with Gasteiger partial charge in [-0.15, -0.1) is 0 Å². The normalized spacial score (nSPS) is 12.4. The van der Waals surface area contributed by atoms with Crippen LogP contribution in [0.25, 0.3) is 0 Å². The van der Waals surface area contributed by atoms with Crippen LogP contribution in [0.4, 0.5) is 21.4 Å². The number of carbonyl (C=O) groups is 2. The lowest BCUT2D eigenvalue weighted by Crippen LogP contribution is -2.30. The second-order valence-electron chi connectivity index (χ2n) is 8.14. The van der Waals surface area contributed by atoms with E-state index < -0.39 is 6.03 Å². The number of hydrogen-bond donors (Lipinski definition) is 2. The highest BCUT2D eigenvalue weighted by atomic mass is 32.1. The Kier molecular flexibility index (Phi) is 6.95. The number of urea groups is 1. The van der Waals surface area contributed by atoms with E-state index in [0.29, 0.717) is 53.2 Å². The summed E-state index contributed by atoms with van der Waals surface area (Å²) in [6.45, 7) is 1.27. The minimum atomic E-state index is -0.471. The number of nitrogens with one attached hydrogen (secondary N) is 2. The molecule has 0 radical (unpaired) electrons. The third-order valence-corrected chi connectivity index (χ3v) is 6.79. The molecule has 0 aliphatic carbocycles. The van der Waals surface area contributed by atoms with Crippen LogP contribution in [0.2, 0.25) is 0 Å². The minimum absolute atomic E-state index is 0.167. The quantitative estimate of drug-likeness (QED) is 0.347. The minimum Gasteiger partial charge on any atom is -0.481 e. The molecule has 3 heterocycles. The summed E-state index contributed by atoms with van der Waals surface area (Å²) < 4.78 is 10.4. The van der Waals surface area contributed by atoms with Crippen LogP contribution in [0.15, 0.2) is 60.7 Å². The number of aromatic nitrogens is 3. The fourth-order valence-corrected chi connectivity index (χ4v) is 5.00. The number of carbonyl (C=O) groups excluding carboxylic acids is 2. The number of thiazole rings is 1. The van der Waals surface area contributed by atoms with Crippen molar-refractivity contribution in [3.63, 3.8) is 0 Å². The van der Waals surface area contributed by atoms with E-state index in [4.69, 9.17) is 9.47 Å². The van der Waals surface area contributed by atoms with E-state index in [1.165, 1.54) is 18.4 Å². The second kappa shape index (κ2) is 10.6. The molecule has 0 fully saturated rings. The molecule has 37 heavy (non-hydrogen) atoms. The number of nitrogens with zero attached hydrogens (tertiary/aromatic N) is 4. The molecule has 2 aromatic heterocycles. The maximum absolute atomic E-state index is 13.0. The molecule has 2 aromatic carbocycles. The van der Waals surface area contributed by atoms with Crippen LogP contribution in [-0.4, -0.2) is 47.5 Å². The first-order valence-corrected chi connectivity index (χ1v) is 12.3. The molecule has 10 nitrogen and oxygen atoms in total. The van der Waals surface area contributed by atoms with Crippen molar-refractivity contribution in [1.29, 1.82) is 0 Å². The van der Waals surface area contributed by atoms with Crippen LogP contribution >= 0.6 is 11.3 Å². The Labute approximate surface area is 217 Å². The summed E-state index contributed by atoms with van der Waals surface area (Å²) in [5, 5.41) is 6.08. The molecule has 0 saturated carbocycles. The lowest BCUT2D eigenvalue weighted by molar-refractivity contribution is 0.103. The molecule has 2 N–H and O–H groups in total. The number of para-hydroxylation sites is 1. The zero-order valence-corrected chi connectivity index (χ0v) is 21.0. The van der Waals surface area contributed by atoms with E-state index in [1.54, 1.807) is 61.7 Å². The molecular weight excluding hydrogens is 492 g/mol. The van der Waals surface area contributed by atoms with Gasteiger partial charge in [-0.25, -0.2) is 9.78 Å². The summed E-state index contributed by atoms with van der Waals surface area (Å²) >= 11 is 1.40. The predicted molar refractivity (Wildman–Crippen MR) is 141 cm³/mol. The number of ether oxygens (including phenoxy) is 2.